The Morgan fingerprint density at radius 1 is 1.05 bits per heavy atom. The second-order valence-corrected chi connectivity index (χ2v) is 3.88. The molecule has 0 unspecified atom stereocenters. The van der Waals surface area contributed by atoms with Gasteiger partial charge < -0.3 is 15.7 Å². The fourth-order valence-electron chi connectivity index (χ4n) is 1.34. The molecule has 0 radical (unpaired) electrons. The van der Waals surface area contributed by atoms with Gasteiger partial charge in [0.15, 0.2) is 0 Å². The molecule has 0 spiro atoms. The van der Waals surface area contributed by atoms with E-state index >= 15 is 0 Å². The van der Waals surface area contributed by atoms with Crippen molar-refractivity contribution in [1.82, 2.24) is 5.32 Å². The van der Waals surface area contributed by atoms with Crippen molar-refractivity contribution in [1.29, 1.82) is 0 Å². The summed E-state index contributed by atoms with van der Waals surface area (Å²) in [4.78, 5) is 43.8. The summed E-state index contributed by atoms with van der Waals surface area (Å²) < 4.78 is 0. The highest BCUT2D eigenvalue weighted by molar-refractivity contribution is 6.06. The minimum atomic E-state index is -1.30. The van der Waals surface area contributed by atoms with E-state index in [4.69, 9.17) is 5.11 Å². The molecule has 0 heterocycles. The highest BCUT2D eigenvalue weighted by Crippen LogP contribution is 2.14. The van der Waals surface area contributed by atoms with Crippen LogP contribution < -0.4 is 16.0 Å². The summed E-state index contributed by atoms with van der Waals surface area (Å²) in [6.45, 7) is 1.35. The van der Waals surface area contributed by atoms with Gasteiger partial charge in [0.1, 0.15) is 0 Å². The van der Waals surface area contributed by atoms with Crippen LogP contribution in [0.3, 0.4) is 0 Å². The fourth-order valence-corrected chi connectivity index (χ4v) is 1.34. The molecule has 0 aromatic heterocycles. The molecule has 0 fully saturated rings. The molecule has 0 aliphatic carbocycles. The number of urea groups is 1. The Kier molecular flexibility index (Phi) is 5.63. The third-order valence-electron chi connectivity index (χ3n) is 2.05. The largest absolute Gasteiger partial charge is 0.478 e. The van der Waals surface area contributed by atoms with Crippen molar-refractivity contribution in [2.75, 3.05) is 10.6 Å². The highest BCUT2D eigenvalue weighted by atomic mass is 16.4. The van der Waals surface area contributed by atoms with Gasteiger partial charge in [-0.2, -0.15) is 0 Å². The van der Waals surface area contributed by atoms with Gasteiger partial charge in [0.05, 0.1) is 0 Å². The average Bonchev–Trinajstić information content (AvgIpc) is 2.35. The molecule has 0 aliphatic heterocycles. The molecular formula is C13H13N3O5. The number of carboxylic acids is 1. The lowest BCUT2D eigenvalue weighted by molar-refractivity contribution is -0.131. The quantitative estimate of drug-likeness (QED) is 0.614. The van der Waals surface area contributed by atoms with Gasteiger partial charge in [-0.05, 0) is 18.2 Å². The number of carboxylic acid groups (broad SMARTS) is 1. The second kappa shape index (κ2) is 7.43. The lowest BCUT2D eigenvalue weighted by Gasteiger charge is -2.07. The highest BCUT2D eigenvalue weighted by Gasteiger charge is 2.06. The van der Waals surface area contributed by atoms with Crippen LogP contribution in [0.2, 0.25) is 0 Å². The van der Waals surface area contributed by atoms with Crippen LogP contribution in [0.15, 0.2) is 36.4 Å². The van der Waals surface area contributed by atoms with Gasteiger partial charge in [-0.3, -0.25) is 14.9 Å². The van der Waals surface area contributed by atoms with E-state index in [0.717, 1.165) is 6.08 Å². The molecule has 1 aromatic rings. The van der Waals surface area contributed by atoms with E-state index in [1.54, 1.807) is 18.2 Å². The van der Waals surface area contributed by atoms with Gasteiger partial charge >= 0.3 is 12.0 Å². The van der Waals surface area contributed by atoms with Crippen molar-refractivity contribution < 1.29 is 24.3 Å². The van der Waals surface area contributed by atoms with Crippen molar-refractivity contribution in [2.24, 2.45) is 0 Å². The Morgan fingerprint density at radius 3 is 2.24 bits per heavy atom. The molecule has 4 N–H and O–H groups in total. The summed E-state index contributed by atoms with van der Waals surface area (Å²) in [6.07, 6.45) is 1.33. The van der Waals surface area contributed by atoms with Crippen molar-refractivity contribution in [3.05, 3.63) is 36.4 Å². The number of carbonyl (C=O) groups excluding carboxylic acids is 3. The lowest BCUT2D eigenvalue weighted by Crippen LogP contribution is -2.33. The molecular weight excluding hydrogens is 278 g/mol. The van der Waals surface area contributed by atoms with Crippen LogP contribution in [-0.2, 0) is 14.4 Å². The number of anilines is 2. The average molecular weight is 291 g/mol. The Bertz CT molecular complexity index is 610. The summed E-state index contributed by atoms with van der Waals surface area (Å²) in [7, 11) is 0. The van der Waals surface area contributed by atoms with E-state index in [-0.39, 0.29) is 5.91 Å². The molecule has 110 valence electrons. The first-order chi connectivity index (χ1) is 9.86. The zero-order valence-electron chi connectivity index (χ0n) is 11.0. The van der Waals surface area contributed by atoms with Crippen LogP contribution in [0, 0.1) is 0 Å². The van der Waals surface area contributed by atoms with Crippen LogP contribution in [0.1, 0.15) is 6.92 Å². The first-order valence-corrected chi connectivity index (χ1v) is 5.77. The first kappa shape index (κ1) is 15.9. The van der Waals surface area contributed by atoms with Crippen molar-refractivity contribution >= 4 is 35.2 Å². The van der Waals surface area contributed by atoms with Gasteiger partial charge in [0, 0.05) is 30.5 Å². The number of benzene rings is 1. The van der Waals surface area contributed by atoms with Crippen LogP contribution in [0.25, 0.3) is 0 Å². The molecule has 0 aliphatic rings. The maximum Gasteiger partial charge on any atom is 0.328 e. The van der Waals surface area contributed by atoms with Crippen LogP contribution in [0.4, 0.5) is 16.2 Å². The van der Waals surface area contributed by atoms with Gasteiger partial charge in [-0.15, -0.1) is 0 Å². The summed E-state index contributed by atoms with van der Waals surface area (Å²) in [5.41, 5.74) is 0.839. The number of imide groups is 1. The van der Waals surface area contributed by atoms with E-state index in [1.165, 1.54) is 13.0 Å². The number of rotatable bonds is 4. The number of carbonyl (C=O) groups is 4. The van der Waals surface area contributed by atoms with Crippen LogP contribution in [-0.4, -0.2) is 28.9 Å². The van der Waals surface area contributed by atoms with E-state index in [9.17, 15) is 19.2 Å². The van der Waals surface area contributed by atoms with Crippen molar-refractivity contribution in [3.63, 3.8) is 0 Å². The molecule has 1 rings (SSSR count). The lowest BCUT2D eigenvalue weighted by atomic mass is 10.3. The molecule has 1 aromatic carbocycles. The number of nitrogens with one attached hydrogen (secondary N) is 3. The zero-order chi connectivity index (χ0) is 15.8. The summed E-state index contributed by atoms with van der Waals surface area (Å²) in [5.74, 6) is -2.42. The molecule has 4 amide bonds. The van der Waals surface area contributed by atoms with Crippen molar-refractivity contribution in [2.45, 2.75) is 6.92 Å². The zero-order valence-corrected chi connectivity index (χ0v) is 11.0. The molecule has 21 heavy (non-hydrogen) atoms. The topological polar surface area (TPSA) is 125 Å². The molecule has 0 saturated carbocycles. The summed E-state index contributed by atoms with van der Waals surface area (Å²) >= 11 is 0. The van der Waals surface area contributed by atoms with Crippen molar-refractivity contribution in [3.8, 4) is 0 Å². The van der Waals surface area contributed by atoms with E-state index < -0.39 is 17.9 Å². The molecule has 8 nitrogen and oxygen atoms in total. The van der Waals surface area contributed by atoms with E-state index in [0.29, 0.717) is 17.5 Å². The third kappa shape index (κ3) is 6.53. The van der Waals surface area contributed by atoms with Gasteiger partial charge in [0.25, 0.3) is 5.91 Å². The Morgan fingerprint density at radius 2 is 1.67 bits per heavy atom. The summed E-state index contributed by atoms with van der Waals surface area (Å²) in [5, 5.41) is 15.2. The Balaban J connectivity index is 2.60. The van der Waals surface area contributed by atoms with Gasteiger partial charge in [-0.25, -0.2) is 9.59 Å². The number of amides is 4. The Hall–Kier alpha value is -3.16. The molecule has 0 atom stereocenters. The first-order valence-electron chi connectivity index (χ1n) is 5.77. The normalized spacial score (nSPS) is 9.95. The van der Waals surface area contributed by atoms with Crippen LogP contribution in [0.5, 0.6) is 0 Å². The monoisotopic (exact) mass is 291 g/mol. The fraction of sp³-hybridized carbons (Fsp3) is 0.0769. The van der Waals surface area contributed by atoms with Gasteiger partial charge in [0.2, 0.25) is 5.91 Å². The number of aliphatic carboxylic acids is 1. The SMILES string of the molecule is CC(=O)Nc1cccc(NC(=O)NC(=O)/C=C/C(=O)O)c1. The van der Waals surface area contributed by atoms with Gasteiger partial charge in [-0.1, -0.05) is 6.07 Å². The third-order valence-corrected chi connectivity index (χ3v) is 2.05. The number of hydrogen-bond acceptors (Lipinski definition) is 4. The molecule has 8 heteroatoms. The molecule has 0 saturated heterocycles. The van der Waals surface area contributed by atoms with E-state index in [1.807, 2.05) is 5.32 Å². The predicted octanol–water partition coefficient (Wildman–Crippen LogP) is 0.934. The van der Waals surface area contributed by atoms with Crippen LogP contribution >= 0.6 is 0 Å². The molecule has 0 bridgehead atoms. The maximum absolute atomic E-state index is 11.5. The van der Waals surface area contributed by atoms with E-state index in [2.05, 4.69) is 10.6 Å². The minimum absolute atomic E-state index is 0.259. The second-order valence-electron chi connectivity index (χ2n) is 3.88. The maximum atomic E-state index is 11.5. The standard InChI is InChI=1S/C13H13N3O5/c1-8(17)14-9-3-2-4-10(7-9)15-13(21)16-11(18)5-6-12(19)20/h2-7H,1H3,(H,14,17)(H,19,20)(H2,15,16,18,21)/b6-5+. The minimum Gasteiger partial charge on any atom is -0.478 e. The summed E-state index contributed by atoms with van der Waals surface area (Å²) in [6, 6.07) is 5.47. The predicted molar refractivity (Wildman–Crippen MR) is 74.7 cm³/mol. The Labute approximate surface area is 119 Å². The smallest absolute Gasteiger partial charge is 0.328 e. The number of hydrogen-bond donors (Lipinski definition) is 4.